The Morgan fingerprint density at radius 1 is 1.17 bits per heavy atom. The summed E-state index contributed by atoms with van der Waals surface area (Å²) in [5, 5.41) is 0. The van der Waals surface area contributed by atoms with E-state index in [1.54, 1.807) is 0 Å². The first-order valence-corrected chi connectivity index (χ1v) is 6.72. The first kappa shape index (κ1) is 11.5. The van der Waals surface area contributed by atoms with Gasteiger partial charge in [-0.3, -0.25) is 4.79 Å². The lowest BCUT2D eigenvalue weighted by atomic mass is 9.69. The molecule has 1 fully saturated rings. The fraction of sp³-hybridized carbons (Fsp3) is 0.438. The number of esters is 1. The van der Waals surface area contributed by atoms with Gasteiger partial charge in [0.1, 0.15) is 6.61 Å². The first-order chi connectivity index (χ1) is 8.83. The highest BCUT2D eigenvalue weighted by molar-refractivity contribution is 5.73. The third-order valence-corrected chi connectivity index (χ3v) is 4.10. The summed E-state index contributed by atoms with van der Waals surface area (Å²) in [6.45, 7) is 0.400. The van der Waals surface area contributed by atoms with Gasteiger partial charge in [-0.25, -0.2) is 0 Å². The highest BCUT2D eigenvalue weighted by Gasteiger charge is 2.37. The van der Waals surface area contributed by atoms with Gasteiger partial charge in [0, 0.05) is 0 Å². The number of benzene rings is 1. The minimum Gasteiger partial charge on any atom is -0.461 e. The molecule has 0 radical (unpaired) electrons. The van der Waals surface area contributed by atoms with E-state index in [2.05, 4.69) is 12.2 Å². The van der Waals surface area contributed by atoms with Crippen molar-refractivity contribution in [3.8, 4) is 0 Å². The van der Waals surface area contributed by atoms with E-state index in [0.29, 0.717) is 18.4 Å². The number of allylic oxidation sites excluding steroid dienone is 2. The molecule has 2 heteroatoms. The Hall–Kier alpha value is -1.57. The predicted octanol–water partition coefficient (Wildman–Crippen LogP) is 3.33. The number of hydrogen-bond acceptors (Lipinski definition) is 2. The average molecular weight is 242 g/mol. The molecule has 0 heterocycles. The van der Waals surface area contributed by atoms with Crippen LogP contribution in [0.25, 0.3) is 0 Å². The van der Waals surface area contributed by atoms with Crippen molar-refractivity contribution < 1.29 is 9.53 Å². The van der Waals surface area contributed by atoms with Crippen molar-refractivity contribution >= 4 is 5.97 Å². The molecule has 0 N–H and O–H groups in total. The molecule has 3 atom stereocenters. The predicted molar refractivity (Wildman–Crippen MR) is 69.7 cm³/mol. The number of rotatable bonds is 3. The summed E-state index contributed by atoms with van der Waals surface area (Å²) < 4.78 is 5.45. The zero-order chi connectivity index (χ0) is 12.4. The van der Waals surface area contributed by atoms with E-state index in [9.17, 15) is 4.79 Å². The topological polar surface area (TPSA) is 26.3 Å². The van der Waals surface area contributed by atoms with Crippen molar-refractivity contribution in [3.05, 3.63) is 48.0 Å². The van der Waals surface area contributed by atoms with E-state index in [-0.39, 0.29) is 11.9 Å². The molecule has 94 valence electrons. The van der Waals surface area contributed by atoms with Crippen LogP contribution < -0.4 is 0 Å². The molecule has 2 bridgehead atoms. The summed E-state index contributed by atoms with van der Waals surface area (Å²) in [6, 6.07) is 9.87. The Labute approximate surface area is 108 Å². The van der Waals surface area contributed by atoms with E-state index >= 15 is 0 Å². The molecule has 2 nitrogen and oxygen atoms in total. The highest BCUT2D eigenvalue weighted by atomic mass is 16.5. The van der Waals surface area contributed by atoms with Crippen LogP contribution in [0, 0.1) is 17.8 Å². The van der Waals surface area contributed by atoms with E-state index in [0.717, 1.165) is 18.4 Å². The lowest BCUT2D eigenvalue weighted by Gasteiger charge is -2.36. The van der Waals surface area contributed by atoms with Gasteiger partial charge in [-0.05, 0) is 36.7 Å². The second-order valence-electron chi connectivity index (χ2n) is 5.32. The maximum atomic E-state index is 12.1. The first-order valence-electron chi connectivity index (χ1n) is 6.72. The standard InChI is InChI=1S/C16H18O2/c17-16(18-11-13-4-2-1-3-5-13)15-10-12-6-8-14(15)9-7-12/h1-6,8,12,14-15H,7,9-11H2. The molecule has 3 aliphatic rings. The molecule has 4 rings (SSSR count). The van der Waals surface area contributed by atoms with Crippen LogP contribution in [0.4, 0.5) is 0 Å². The highest BCUT2D eigenvalue weighted by Crippen LogP contribution is 2.40. The normalized spacial score (nSPS) is 29.2. The zero-order valence-electron chi connectivity index (χ0n) is 10.4. The van der Waals surface area contributed by atoms with Crippen LogP contribution in [-0.4, -0.2) is 5.97 Å². The average Bonchev–Trinajstić information content (AvgIpc) is 2.47. The molecule has 1 aromatic rings. The van der Waals surface area contributed by atoms with Crippen LogP contribution in [0.15, 0.2) is 42.5 Å². The Morgan fingerprint density at radius 2 is 2.00 bits per heavy atom. The molecule has 0 aliphatic heterocycles. The summed E-state index contributed by atoms with van der Waals surface area (Å²) in [5.74, 6) is 1.10. The minimum atomic E-state index is -0.0158. The zero-order valence-corrected chi connectivity index (χ0v) is 10.4. The Kier molecular flexibility index (Phi) is 3.18. The van der Waals surface area contributed by atoms with Gasteiger partial charge in [-0.2, -0.15) is 0 Å². The van der Waals surface area contributed by atoms with Crippen LogP contribution in [0.2, 0.25) is 0 Å². The molecular weight excluding hydrogens is 224 g/mol. The summed E-state index contributed by atoms with van der Waals surface area (Å²) in [6.07, 6.45) is 7.85. The third-order valence-electron chi connectivity index (χ3n) is 4.10. The Morgan fingerprint density at radius 3 is 2.61 bits per heavy atom. The smallest absolute Gasteiger partial charge is 0.309 e. The van der Waals surface area contributed by atoms with E-state index in [4.69, 9.17) is 4.74 Å². The maximum absolute atomic E-state index is 12.1. The molecule has 1 aromatic carbocycles. The van der Waals surface area contributed by atoms with Crippen molar-refractivity contribution in [1.82, 2.24) is 0 Å². The Balaban J connectivity index is 1.58. The fourth-order valence-electron chi connectivity index (χ4n) is 3.04. The summed E-state index contributed by atoms with van der Waals surface area (Å²) >= 11 is 0. The second kappa shape index (κ2) is 4.97. The Bertz CT molecular complexity index is 449. The number of carbonyl (C=O) groups excluding carboxylic acids is 1. The summed E-state index contributed by atoms with van der Waals surface area (Å²) in [4.78, 5) is 12.1. The molecule has 1 saturated carbocycles. The quantitative estimate of drug-likeness (QED) is 0.600. The monoisotopic (exact) mass is 242 g/mol. The lowest BCUT2D eigenvalue weighted by molar-refractivity contribution is -0.153. The molecule has 0 saturated heterocycles. The van der Waals surface area contributed by atoms with Crippen LogP contribution in [-0.2, 0) is 16.1 Å². The SMILES string of the molecule is O=C(OCc1ccccc1)C1CC2C=CC1CC2. The van der Waals surface area contributed by atoms with Gasteiger partial charge in [0.05, 0.1) is 5.92 Å². The molecule has 3 unspecified atom stereocenters. The second-order valence-corrected chi connectivity index (χ2v) is 5.32. The summed E-state index contributed by atoms with van der Waals surface area (Å²) in [5.41, 5.74) is 1.06. The van der Waals surface area contributed by atoms with Gasteiger partial charge < -0.3 is 4.74 Å². The van der Waals surface area contributed by atoms with Crippen LogP contribution in [0.1, 0.15) is 24.8 Å². The van der Waals surface area contributed by atoms with Gasteiger partial charge in [-0.15, -0.1) is 0 Å². The van der Waals surface area contributed by atoms with Crippen molar-refractivity contribution in [2.24, 2.45) is 17.8 Å². The van der Waals surface area contributed by atoms with E-state index in [1.165, 1.54) is 6.42 Å². The van der Waals surface area contributed by atoms with Crippen LogP contribution in [0.3, 0.4) is 0 Å². The molecule has 18 heavy (non-hydrogen) atoms. The largest absolute Gasteiger partial charge is 0.461 e. The van der Waals surface area contributed by atoms with Gasteiger partial charge in [-0.1, -0.05) is 42.5 Å². The maximum Gasteiger partial charge on any atom is 0.309 e. The fourth-order valence-corrected chi connectivity index (χ4v) is 3.04. The number of carbonyl (C=O) groups is 1. The van der Waals surface area contributed by atoms with Crippen molar-refractivity contribution in [1.29, 1.82) is 0 Å². The molecule has 0 amide bonds. The minimum absolute atomic E-state index is 0.0158. The summed E-state index contributed by atoms with van der Waals surface area (Å²) in [7, 11) is 0. The molecular formula is C16H18O2. The van der Waals surface area contributed by atoms with Gasteiger partial charge in [0.2, 0.25) is 0 Å². The number of hydrogen-bond donors (Lipinski definition) is 0. The van der Waals surface area contributed by atoms with E-state index < -0.39 is 0 Å². The van der Waals surface area contributed by atoms with Crippen molar-refractivity contribution in [2.45, 2.75) is 25.9 Å². The number of ether oxygens (including phenoxy) is 1. The lowest BCUT2D eigenvalue weighted by Crippen LogP contribution is -2.33. The van der Waals surface area contributed by atoms with Gasteiger partial charge in [0.15, 0.2) is 0 Å². The van der Waals surface area contributed by atoms with Crippen molar-refractivity contribution in [3.63, 3.8) is 0 Å². The van der Waals surface area contributed by atoms with E-state index in [1.807, 2.05) is 30.3 Å². The van der Waals surface area contributed by atoms with Crippen molar-refractivity contribution in [2.75, 3.05) is 0 Å². The van der Waals surface area contributed by atoms with Crippen LogP contribution in [0.5, 0.6) is 0 Å². The van der Waals surface area contributed by atoms with Crippen LogP contribution >= 0.6 is 0 Å². The molecule has 0 spiro atoms. The van der Waals surface area contributed by atoms with Gasteiger partial charge in [0.25, 0.3) is 0 Å². The number of fused-ring (bicyclic) bond motifs is 2. The molecule has 3 aliphatic carbocycles. The van der Waals surface area contributed by atoms with Gasteiger partial charge >= 0.3 is 5.97 Å². The third kappa shape index (κ3) is 2.33. The molecule has 0 aromatic heterocycles.